The van der Waals surface area contributed by atoms with E-state index in [1.807, 2.05) is 29.2 Å². The molecule has 1 aromatic carbocycles. The molecule has 0 spiro atoms. The number of hydrogen-bond donors (Lipinski definition) is 1. The Morgan fingerprint density at radius 1 is 1.47 bits per heavy atom. The molecule has 3 nitrogen and oxygen atoms in total. The van der Waals surface area contributed by atoms with E-state index in [4.69, 9.17) is 16.7 Å². The zero-order chi connectivity index (χ0) is 13.8. The summed E-state index contributed by atoms with van der Waals surface area (Å²) in [5.41, 5.74) is 0.914. The number of carboxylic acids is 1. The summed E-state index contributed by atoms with van der Waals surface area (Å²) in [4.78, 5) is 13.1. The Kier molecular flexibility index (Phi) is 4.70. The van der Waals surface area contributed by atoms with Crippen LogP contribution in [0.3, 0.4) is 0 Å². The van der Waals surface area contributed by atoms with Crippen LogP contribution in [0.4, 0.5) is 5.69 Å². The van der Waals surface area contributed by atoms with Crippen LogP contribution >= 0.6 is 11.6 Å². The molecule has 0 bridgehead atoms. The SMILES string of the molecule is CCC1CCC(N(CC(=O)O)c2cccc(Cl)c2)C1. The third-order valence-corrected chi connectivity index (χ3v) is 4.21. The van der Waals surface area contributed by atoms with Crippen LogP contribution in [0.5, 0.6) is 0 Å². The highest BCUT2D eigenvalue weighted by molar-refractivity contribution is 6.30. The second-order valence-electron chi connectivity index (χ2n) is 5.24. The molecule has 1 fully saturated rings. The molecule has 1 aromatic rings. The summed E-state index contributed by atoms with van der Waals surface area (Å²) >= 11 is 6.01. The van der Waals surface area contributed by atoms with E-state index in [2.05, 4.69) is 6.92 Å². The van der Waals surface area contributed by atoms with Crippen LogP contribution in [0.25, 0.3) is 0 Å². The van der Waals surface area contributed by atoms with Gasteiger partial charge in [-0.05, 0) is 43.4 Å². The molecule has 1 N–H and O–H groups in total. The van der Waals surface area contributed by atoms with Crippen molar-refractivity contribution in [2.24, 2.45) is 5.92 Å². The highest BCUT2D eigenvalue weighted by Gasteiger charge is 2.29. The molecule has 19 heavy (non-hydrogen) atoms. The molecule has 4 heteroatoms. The average molecular weight is 282 g/mol. The molecular weight excluding hydrogens is 262 g/mol. The standard InChI is InChI=1S/C15H20ClNO2/c1-2-11-6-7-14(8-11)17(10-15(18)19)13-5-3-4-12(16)9-13/h3-5,9,11,14H,2,6-8,10H2,1H3,(H,18,19). The fourth-order valence-electron chi connectivity index (χ4n) is 2.93. The van der Waals surface area contributed by atoms with Crippen molar-refractivity contribution in [1.82, 2.24) is 0 Å². The van der Waals surface area contributed by atoms with Gasteiger partial charge in [-0.2, -0.15) is 0 Å². The van der Waals surface area contributed by atoms with Crippen molar-refractivity contribution < 1.29 is 9.90 Å². The zero-order valence-electron chi connectivity index (χ0n) is 11.2. The lowest BCUT2D eigenvalue weighted by atomic mass is 10.0. The molecule has 0 aromatic heterocycles. The van der Waals surface area contributed by atoms with Crippen LogP contribution in [0.15, 0.2) is 24.3 Å². The van der Waals surface area contributed by atoms with Gasteiger partial charge in [0.15, 0.2) is 0 Å². The van der Waals surface area contributed by atoms with Crippen LogP contribution in [-0.2, 0) is 4.79 Å². The molecule has 1 aliphatic rings. The Bertz CT molecular complexity index is 450. The normalized spacial score (nSPS) is 22.4. The second-order valence-corrected chi connectivity index (χ2v) is 5.68. The number of carbonyl (C=O) groups is 1. The Morgan fingerprint density at radius 3 is 2.84 bits per heavy atom. The van der Waals surface area contributed by atoms with Crippen molar-refractivity contribution in [3.63, 3.8) is 0 Å². The molecule has 0 heterocycles. The quantitative estimate of drug-likeness (QED) is 0.892. The van der Waals surface area contributed by atoms with Gasteiger partial charge in [-0.25, -0.2) is 0 Å². The molecule has 2 rings (SSSR count). The maximum absolute atomic E-state index is 11.1. The van der Waals surface area contributed by atoms with Crippen LogP contribution < -0.4 is 4.90 Å². The smallest absolute Gasteiger partial charge is 0.323 e. The van der Waals surface area contributed by atoms with Gasteiger partial charge in [0.05, 0.1) is 0 Å². The van der Waals surface area contributed by atoms with Gasteiger partial charge in [0.1, 0.15) is 6.54 Å². The third kappa shape index (κ3) is 3.63. The topological polar surface area (TPSA) is 40.5 Å². The third-order valence-electron chi connectivity index (χ3n) is 3.98. The number of rotatable bonds is 5. The van der Waals surface area contributed by atoms with E-state index in [1.54, 1.807) is 0 Å². The van der Waals surface area contributed by atoms with Crippen LogP contribution in [0.1, 0.15) is 32.6 Å². The molecular formula is C15H20ClNO2. The summed E-state index contributed by atoms with van der Waals surface area (Å²) in [6, 6.07) is 7.80. The molecule has 1 aliphatic carbocycles. The molecule has 0 aliphatic heterocycles. The predicted octanol–water partition coefficient (Wildman–Crippen LogP) is 3.81. The monoisotopic (exact) mass is 281 g/mol. The molecule has 2 unspecified atom stereocenters. The lowest BCUT2D eigenvalue weighted by Crippen LogP contribution is -2.37. The van der Waals surface area contributed by atoms with E-state index in [0.29, 0.717) is 11.1 Å². The van der Waals surface area contributed by atoms with Gasteiger partial charge in [-0.1, -0.05) is 31.0 Å². The van der Waals surface area contributed by atoms with E-state index in [1.165, 1.54) is 12.8 Å². The van der Waals surface area contributed by atoms with Gasteiger partial charge >= 0.3 is 5.97 Å². The van der Waals surface area contributed by atoms with Crippen molar-refractivity contribution in [1.29, 1.82) is 0 Å². The molecule has 1 saturated carbocycles. The van der Waals surface area contributed by atoms with Gasteiger partial charge < -0.3 is 10.0 Å². The van der Waals surface area contributed by atoms with Crippen LogP contribution in [-0.4, -0.2) is 23.7 Å². The number of hydrogen-bond acceptors (Lipinski definition) is 2. The summed E-state index contributed by atoms with van der Waals surface area (Å²) in [7, 11) is 0. The highest BCUT2D eigenvalue weighted by Crippen LogP contribution is 2.34. The van der Waals surface area contributed by atoms with Crippen LogP contribution in [0.2, 0.25) is 5.02 Å². The summed E-state index contributed by atoms with van der Waals surface area (Å²) in [6.45, 7) is 2.25. The second kappa shape index (κ2) is 6.29. The van der Waals surface area contributed by atoms with E-state index in [9.17, 15) is 4.79 Å². The number of carboxylic acid groups (broad SMARTS) is 1. The number of anilines is 1. The fraction of sp³-hybridized carbons (Fsp3) is 0.533. The Morgan fingerprint density at radius 2 is 2.26 bits per heavy atom. The number of halogens is 1. The zero-order valence-corrected chi connectivity index (χ0v) is 11.9. The minimum Gasteiger partial charge on any atom is -0.480 e. The minimum absolute atomic E-state index is 0.0431. The largest absolute Gasteiger partial charge is 0.480 e. The lowest BCUT2D eigenvalue weighted by Gasteiger charge is -2.30. The Hall–Kier alpha value is -1.22. The molecule has 0 radical (unpaired) electrons. The summed E-state index contributed by atoms with van der Waals surface area (Å²) in [6.07, 6.45) is 4.51. The highest BCUT2D eigenvalue weighted by atomic mass is 35.5. The van der Waals surface area contributed by atoms with Crippen molar-refractivity contribution in [2.45, 2.75) is 38.6 Å². The number of benzene rings is 1. The predicted molar refractivity (Wildman–Crippen MR) is 77.9 cm³/mol. The maximum Gasteiger partial charge on any atom is 0.323 e. The van der Waals surface area contributed by atoms with Gasteiger partial charge in [-0.15, -0.1) is 0 Å². The Labute approximate surface area is 119 Å². The molecule has 104 valence electrons. The molecule has 0 saturated heterocycles. The minimum atomic E-state index is -0.792. The van der Waals surface area contributed by atoms with E-state index < -0.39 is 5.97 Å². The van der Waals surface area contributed by atoms with Crippen molar-refractivity contribution in [3.8, 4) is 0 Å². The maximum atomic E-state index is 11.1. The number of nitrogens with zero attached hydrogens (tertiary/aromatic N) is 1. The first-order valence-corrected chi connectivity index (χ1v) is 7.22. The summed E-state index contributed by atoms with van der Waals surface area (Å²) in [5, 5.41) is 9.77. The van der Waals surface area contributed by atoms with Crippen molar-refractivity contribution in [3.05, 3.63) is 29.3 Å². The fourth-order valence-corrected chi connectivity index (χ4v) is 3.12. The Balaban J connectivity index is 2.19. The molecule has 2 atom stereocenters. The van der Waals surface area contributed by atoms with E-state index in [0.717, 1.165) is 24.4 Å². The van der Waals surface area contributed by atoms with E-state index >= 15 is 0 Å². The molecule has 0 amide bonds. The first-order chi connectivity index (χ1) is 9.10. The number of aliphatic carboxylic acids is 1. The first kappa shape index (κ1) is 14.2. The summed E-state index contributed by atoms with van der Waals surface area (Å²) < 4.78 is 0. The van der Waals surface area contributed by atoms with Crippen molar-refractivity contribution in [2.75, 3.05) is 11.4 Å². The first-order valence-electron chi connectivity index (χ1n) is 6.84. The lowest BCUT2D eigenvalue weighted by molar-refractivity contribution is -0.135. The van der Waals surface area contributed by atoms with Crippen LogP contribution in [0, 0.1) is 5.92 Å². The average Bonchev–Trinajstić information content (AvgIpc) is 2.84. The van der Waals surface area contributed by atoms with E-state index in [-0.39, 0.29) is 6.54 Å². The van der Waals surface area contributed by atoms with Gasteiger partial charge in [0, 0.05) is 16.8 Å². The van der Waals surface area contributed by atoms with Gasteiger partial charge in [0.2, 0.25) is 0 Å². The van der Waals surface area contributed by atoms with Gasteiger partial charge in [-0.3, -0.25) is 4.79 Å². The van der Waals surface area contributed by atoms with Crippen molar-refractivity contribution >= 4 is 23.3 Å². The summed E-state index contributed by atoms with van der Waals surface area (Å²) in [5.74, 6) is -0.0691. The van der Waals surface area contributed by atoms with Gasteiger partial charge in [0.25, 0.3) is 0 Å².